The van der Waals surface area contributed by atoms with Crippen molar-refractivity contribution in [3.63, 3.8) is 0 Å². The van der Waals surface area contributed by atoms with E-state index in [2.05, 4.69) is 11.1 Å². The molecule has 150 valence electrons. The highest BCUT2D eigenvalue weighted by Crippen LogP contribution is 2.27. The topological polar surface area (TPSA) is 67.4 Å². The molecule has 6 heteroatoms. The maximum atomic E-state index is 13.4. The van der Waals surface area contributed by atoms with Crippen LogP contribution < -0.4 is 0 Å². The molecule has 0 N–H and O–H groups in total. The maximum Gasteiger partial charge on any atom is 0.310 e. The number of hydrogen-bond donors (Lipinski definition) is 0. The zero-order valence-electron chi connectivity index (χ0n) is 16.8. The number of carbonyl (C=O) groups excluding carboxylic acids is 1. The Labute approximate surface area is 173 Å². The number of nitriles is 1. The van der Waals surface area contributed by atoms with Crippen LogP contribution in [0.2, 0.25) is 0 Å². The third-order valence-electron chi connectivity index (χ3n) is 5.25. The van der Waals surface area contributed by atoms with Crippen LogP contribution in [0.3, 0.4) is 0 Å². The average molecular weight is 401 g/mol. The Morgan fingerprint density at radius 2 is 2.07 bits per heavy atom. The summed E-state index contributed by atoms with van der Waals surface area (Å²) in [6.45, 7) is 4.08. The molecule has 0 aliphatic carbocycles. The summed E-state index contributed by atoms with van der Waals surface area (Å²) in [5.41, 5.74) is 5.75. The number of aromatic nitrogens is 2. The number of hydrogen-bond acceptors (Lipinski definition) is 4. The number of benzene rings is 1. The van der Waals surface area contributed by atoms with Crippen molar-refractivity contribution in [3.8, 4) is 6.07 Å². The summed E-state index contributed by atoms with van der Waals surface area (Å²) in [5, 5.41) is 10.1. The van der Waals surface area contributed by atoms with Gasteiger partial charge in [-0.2, -0.15) is 5.26 Å². The molecule has 1 aromatic carbocycles. The Bertz CT molecular complexity index is 1320. The molecule has 0 aliphatic heterocycles. The number of halogens is 1. The van der Waals surface area contributed by atoms with Crippen LogP contribution >= 0.6 is 0 Å². The highest BCUT2D eigenvalue weighted by molar-refractivity contribution is 5.79. The minimum Gasteiger partial charge on any atom is -0.466 e. The number of nitrogens with zero attached hydrogens (tertiary/aromatic N) is 3. The molecule has 0 spiro atoms. The van der Waals surface area contributed by atoms with Gasteiger partial charge >= 0.3 is 5.97 Å². The van der Waals surface area contributed by atoms with Crippen molar-refractivity contribution in [3.05, 3.63) is 82.6 Å². The molecule has 4 aromatic rings. The molecule has 5 nitrogen and oxygen atoms in total. The van der Waals surface area contributed by atoms with Gasteiger partial charge in [0, 0.05) is 34.9 Å². The summed E-state index contributed by atoms with van der Waals surface area (Å²) >= 11 is 0. The van der Waals surface area contributed by atoms with E-state index in [1.54, 1.807) is 25.3 Å². The van der Waals surface area contributed by atoms with Gasteiger partial charge in [-0.25, -0.2) is 4.39 Å². The van der Waals surface area contributed by atoms with Gasteiger partial charge in [-0.15, -0.1) is 0 Å². The lowest BCUT2D eigenvalue weighted by Crippen LogP contribution is -2.08. The minimum absolute atomic E-state index is 0.166. The third-order valence-corrected chi connectivity index (χ3v) is 5.25. The molecule has 0 saturated heterocycles. The standard InChI is InChI=1S/C24H20FN3O2/c1-3-30-24(29)12-20-15(2)23(28-14-16(13-26)4-9-22(20)28)11-19-7-5-17-10-18(25)6-8-21(17)27-19/h4-10,14H,3,11-12H2,1-2H3. The van der Waals surface area contributed by atoms with E-state index in [1.165, 1.54) is 12.1 Å². The number of carbonyl (C=O) groups is 1. The van der Waals surface area contributed by atoms with Crippen molar-refractivity contribution in [1.29, 1.82) is 5.26 Å². The molecular formula is C24H20FN3O2. The summed E-state index contributed by atoms with van der Waals surface area (Å²) in [6.07, 6.45) is 2.46. The van der Waals surface area contributed by atoms with Crippen LogP contribution in [0.25, 0.3) is 16.4 Å². The first-order valence-corrected chi connectivity index (χ1v) is 9.73. The van der Waals surface area contributed by atoms with Gasteiger partial charge in [0.15, 0.2) is 0 Å². The molecule has 0 fully saturated rings. The first-order valence-electron chi connectivity index (χ1n) is 9.73. The van der Waals surface area contributed by atoms with Crippen molar-refractivity contribution < 1.29 is 13.9 Å². The fourth-order valence-electron chi connectivity index (χ4n) is 3.79. The lowest BCUT2D eigenvalue weighted by atomic mass is 10.0. The van der Waals surface area contributed by atoms with E-state index in [4.69, 9.17) is 4.74 Å². The predicted octanol–water partition coefficient (Wildman–Crippen LogP) is 4.50. The van der Waals surface area contributed by atoms with Crippen molar-refractivity contribution >= 4 is 22.4 Å². The van der Waals surface area contributed by atoms with Crippen LogP contribution in [0.1, 0.15) is 35.0 Å². The van der Waals surface area contributed by atoms with Gasteiger partial charge in [0.25, 0.3) is 0 Å². The average Bonchev–Trinajstić information content (AvgIpc) is 2.99. The summed E-state index contributed by atoms with van der Waals surface area (Å²) < 4.78 is 20.5. The molecule has 0 bridgehead atoms. The number of fused-ring (bicyclic) bond motifs is 2. The molecule has 3 aromatic heterocycles. The van der Waals surface area contributed by atoms with Crippen LogP contribution in [-0.4, -0.2) is 22.0 Å². The van der Waals surface area contributed by atoms with Crippen molar-refractivity contribution in [2.75, 3.05) is 6.61 Å². The molecule has 0 unspecified atom stereocenters. The molecule has 0 radical (unpaired) electrons. The van der Waals surface area contributed by atoms with E-state index < -0.39 is 0 Å². The second-order valence-corrected chi connectivity index (χ2v) is 7.13. The molecular weight excluding hydrogens is 381 g/mol. The summed E-state index contributed by atoms with van der Waals surface area (Å²) in [4.78, 5) is 16.8. The fourth-order valence-corrected chi connectivity index (χ4v) is 3.79. The summed E-state index contributed by atoms with van der Waals surface area (Å²) in [5.74, 6) is -0.576. The van der Waals surface area contributed by atoms with E-state index in [9.17, 15) is 14.4 Å². The fraction of sp³-hybridized carbons (Fsp3) is 0.208. The number of rotatable bonds is 5. The quantitative estimate of drug-likeness (QED) is 0.462. The molecule has 0 amide bonds. The van der Waals surface area contributed by atoms with Crippen LogP contribution in [0.5, 0.6) is 0 Å². The highest BCUT2D eigenvalue weighted by Gasteiger charge is 2.19. The molecule has 0 atom stereocenters. The van der Waals surface area contributed by atoms with E-state index in [-0.39, 0.29) is 18.2 Å². The lowest BCUT2D eigenvalue weighted by molar-refractivity contribution is -0.142. The van der Waals surface area contributed by atoms with Gasteiger partial charge in [-0.05, 0) is 61.4 Å². The molecule has 0 saturated carbocycles. The number of pyridine rings is 2. The Hall–Kier alpha value is -3.72. The number of ether oxygens (including phenoxy) is 1. The van der Waals surface area contributed by atoms with E-state index in [0.29, 0.717) is 18.6 Å². The van der Waals surface area contributed by atoms with Gasteiger partial charge in [-0.1, -0.05) is 6.07 Å². The van der Waals surface area contributed by atoms with Gasteiger partial charge < -0.3 is 9.14 Å². The first kappa shape index (κ1) is 19.6. The second kappa shape index (κ2) is 7.96. The second-order valence-electron chi connectivity index (χ2n) is 7.13. The van der Waals surface area contributed by atoms with Crippen LogP contribution in [0.4, 0.5) is 4.39 Å². The highest BCUT2D eigenvalue weighted by atomic mass is 19.1. The van der Waals surface area contributed by atoms with Gasteiger partial charge in [-0.3, -0.25) is 9.78 Å². The van der Waals surface area contributed by atoms with E-state index in [1.807, 2.05) is 29.5 Å². The molecule has 4 rings (SSSR count). The van der Waals surface area contributed by atoms with E-state index in [0.717, 1.165) is 38.9 Å². The molecule has 3 heterocycles. The Morgan fingerprint density at radius 3 is 2.83 bits per heavy atom. The van der Waals surface area contributed by atoms with Crippen molar-refractivity contribution in [1.82, 2.24) is 9.38 Å². The Balaban J connectivity index is 1.81. The lowest BCUT2D eigenvalue weighted by Gasteiger charge is -2.06. The van der Waals surface area contributed by atoms with Gasteiger partial charge in [0.2, 0.25) is 0 Å². The SMILES string of the molecule is CCOC(=O)Cc1c(C)c(Cc2ccc3cc(F)ccc3n2)n2cc(C#N)ccc12. The first-order chi connectivity index (χ1) is 14.5. The molecule has 0 aliphatic rings. The van der Waals surface area contributed by atoms with Crippen molar-refractivity contribution in [2.24, 2.45) is 0 Å². The normalized spacial score (nSPS) is 11.0. The maximum absolute atomic E-state index is 13.4. The Kier molecular flexibility index (Phi) is 5.20. The Morgan fingerprint density at radius 1 is 1.23 bits per heavy atom. The predicted molar refractivity (Wildman–Crippen MR) is 112 cm³/mol. The van der Waals surface area contributed by atoms with Crippen LogP contribution in [0.15, 0.2) is 48.7 Å². The van der Waals surface area contributed by atoms with Gasteiger partial charge in [0.05, 0.1) is 24.1 Å². The largest absolute Gasteiger partial charge is 0.466 e. The third kappa shape index (κ3) is 3.62. The van der Waals surface area contributed by atoms with Crippen LogP contribution in [0, 0.1) is 24.1 Å². The number of esters is 1. The van der Waals surface area contributed by atoms with Crippen LogP contribution in [-0.2, 0) is 22.4 Å². The summed E-state index contributed by atoms with van der Waals surface area (Å²) in [6, 6.07) is 14.0. The summed E-state index contributed by atoms with van der Waals surface area (Å²) in [7, 11) is 0. The van der Waals surface area contributed by atoms with Gasteiger partial charge in [0.1, 0.15) is 11.9 Å². The molecule has 30 heavy (non-hydrogen) atoms. The zero-order valence-corrected chi connectivity index (χ0v) is 16.8. The minimum atomic E-state index is -0.293. The monoisotopic (exact) mass is 401 g/mol. The zero-order chi connectivity index (χ0) is 21.3. The van der Waals surface area contributed by atoms with E-state index >= 15 is 0 Å². The van der Waals surface area contributed by atoms with Crippen molar-refractivity contribution in [2.45, 2.75) is 26.7 Å². The smallest absolute Gasteiger partial charge is 0.310 e.